The third-order valence-electron chi connectivity index (χ3n) is 6.54. The van der Waals surface area contributed by atoms with Crippen LogP contribution >= 0.6 is 11.6 Å². The number of nitrogens with zero attached hydrogens (tertiary/aromatic N) is 1. The van der Waals surface area contributed by atoms with E-state index in [2.05, 4.69) is 17.5 Å². The van der Waals surface area contributed by atoms with Gasteiger partial charge in [0.05, 0.1) is 5.41 Å². The first-order valence-corrected chi connectivity index (χ1v) is 8.38. The van der Waals surface area contributed by atoms with Crippen LogP contribution in [0, 0.1) is 16.2 Å². The fraction of sp³-hybridized carbons (Fsp3) is 0.500. The molecule has 1 aromatic rings. The zero-order chi connectivity index (χ0) is 17.8. The second kappa shape index (κ2) is 5.31. The second-order valence-electron chi connectivity index (χ2n) is 7.53. The number of rotatable bonds is 3. The van der Waals surface area contributed by atoms with Gasteiger partial charge in [0.2, 0.25) is 0 Å². The number of amides is 1. The van der Waals surface area contributed by atoms with E-state index in [1.54, 1.807) is 24.3 Å². The Balaban J connectivity index is 1.86. The van der Waals surface area contributed by atoms with Crippen LogP contribution in [0.25, 0.3) is 0 Å². The van der Waals surface area contributed by atoms with Crippen molar-refractivity contribution in [2.75, 3.05) is 0 Å². The van der Waals surface area contributed by atoms with E-state index >= 15 is 0 Å². The van der Waals surface area contributed by atoms with Crippen molar-refractivity contribution in [3.63, 3.8) is 0 Å². The molecule has 6 heteroatoms. The molecule has 0 spiro atoms. The van der Waals surface area contributed by atoms with E-state index in [0.717, 1.165) is 12.1 Å². The SMILES string of the molecule is CC12CCC(C(=O)O)(C/C1=N\NC(=O)c1ccc(Cl)cc1)C2(C)C. The molecule has 1 amide bonds. The highest BCUT2D eigenvalue weighted by Gasteiger charge is 2.71. The molecule has 2 saturated carbocycles. The molecule has 5 nitrogen and oxygen atoms in total. The smallest absolute Gasteiger partial charge is 0.310 e. The van der Waals surface area contributed by atoms with Crippen LogP contribution in [0.4, 0.5) is 0 Å². The van der Waals surface area contributed by atoms with E-state index in [1.165, 1.54) is 0 Å². The zero-order valence-electron chi connectivity index (χ0n) is 14.0. The average Bonchev–Trinajstić information content (AvgIpc) is 2.83. The predicted molar refractivity (Wildman–Crippen MR) is 92.2 cm³/mol. The lowest BCUT2D eigenvalue weighted by Crippen LogP contribution is -2.40. The summed E-state index contributed by atoms with van der Waals surface area (Å²) in [6.07, 6.45) is 1.80. The molecule has 0 radical (unpaired) electrons. The summed E-state index contributed by atoms with van der Waals surface area (Å²) in [4.78, 5) is 24.1. The number of hydrogen-bond acceptors (Lipinski definition) is 3. The van der Waals surface area contributed by atoms with Crippen LogP contribution in [-0.2, 0) is 4.79 Å². The summed E-state index contributed by atoms with van der Waals surface area (Å²) in [7, 11) is 0. The summed E-state index contributed by atoms with van der Waals surface area (Å²) in [5.74, 6) is -1.10. The molecule has 3 rings (SSSR count). The molecular weight excluding hydrogens is 328 g/mol. The Morgan fingerprint density at radius 1 is 1.17 bits per heavy atom. The van der Waals surface area contributed by atoms with Gasteiger partial charge in [-0.15, -0.1) is 0 Å². The van der Waals surface area contributed by atoms with Gasteiger partial charge in [-0.2, -0.15) is 5.10 Å². The molecule has 0 saturated heterocycles. The molecule has 2 unspecified atom stereocenters. The predicted octanol–water partition coefficient (Wildman–Crippen LogP) is 3.73. The fourth-order valence-corrected chi connectivity index (χ4v) is 4.43. The zero-order valence-corrected chi connectivity index (χ0v) is 14.8. The van der Waals surface area contributed by atoms with Gasteiger partial charge in [-0.05, 0) is 42.5 Å². The van der Waals surface area contributed by atoms with Crippen molar-refractivity contribution in [3.8, 4) is 0 Å². The van der Waals surface area contributed by atoms with E-state index in [0.29, 0.717) is 23.4 Å². The Kier molecular flexibility index (Phi) is 3.75. The minimum absolute atomic E-state index is 0.321. The van der Waals surface area contributed by atoms with Gasteiger partial charge >= 0.3 is 5.97 Å². The van der Waals surface area contributed by atoms with Gasteiger partial charge in [0.15, 0.2) is 0 Å². The molecule has 128 valence electrons. The van der Waals surface area contributed by atoms with Crippen LogP contribution in [-0.4, -0.2) is 22.7 Å². The number of hydrazone groups is 1. The fourth-order valence-electron chi connectivity index (χ4n) is 4.31. The molecule has 0 aliphatic heterocycles. The Bertz CT molecular complexity index is 741. The topological polar surface area (TPSA) is 78.8 Å². The van der Waals surface area contributed by atoms with Crippen molar-refractivity contribution in [1.29, 1.82) is 0 Å². The molecule has 0 aromatic heterocycles. The van der Waals surface area contributed by atoms with Crippen molar-refractivity contribution >= 4 is 29.2 Å². The van der Waals surface area contributed by atoms with E-state index in [9.17, 15) is 14.7 Å². The van der Waals surface area contributed by atoms with Crippen LogP contribution in [0.15, 0.2) is 29.4 Å². The minimum Gasteiger partial charge on any atom is -0.481 e. The van der Waals surface area contributed by atoms with Crippen molar-refractivity contribution in [2.24, 2.45) is 21.3 Å². The Hall–Kier alpha value is -1.88. The number of carbonyl (C=O) groups excluding carboxylic acids is 1. The normalized spacial score (nSPS) is 32.1. The summed E-state index contributed by atoms with van der Waals surface area (Å²) in [6.45, 7) is 6.05. The highest BCUT2D eigenvalue weighted by molar-refractivity contribution is 6.30. The second-order valence-corrected chi connectivity index (χ2v) is 7.96. The van der Waals surface area contributed by atoms with Gasteiger partial charge < -0.3 is 5.11 Å². The standard InChI is InChI=1S/C18H21ClN2O3/c1-16(2)17(3)8-9-18(16,15(23)24)10-13(17)20-21-14(22)11-4-6-12(19)7-5-11/h4-7H,8-10H2,1-3H3,(H,21,22)(H,23,24)/b20-13+. The highest BCUT2D eigenvalue weighted by atomic mass is 35.5. The maximum absolute atomic E-state index is 12.2. The molecule has 24 heavy (non-hydrogen) atoms. The molecule has 0 heterocycles. The highest BCUT2D eigenvalue weighted by Crippen LogP contribution is 2.70. The number of benzene rings is 1. The van der Waals surface area contributed by atoms with Gasteiger partial charge in [0.1, 0.15) is 0 Å². The van der Waals surface area contributed by atoms with Gasteiger partial charge in [-0.3, -0.25) is 9.59 Å². The maximum Gasteiger partial charge on any atom is 0.310 e. The molecule has 2 atom stereocenters. The molecule has 2 N–H and O–H groups in total. The maximum atomic E-state index is 12.2. The summed E-state index contributed by atoms with van der Waals surface area (Å²) in [5, 5.41) is 14.7. The van der Waals surface area contributed by atoms with Crippen molar-refractivity contribution in [1.82, 2.24) is 5.43 Å². The molecule has 2 aliphatic rings. The average molecular weight is 349 g/mol. The van der Waals surface area contributed by atoms with Gasteiger partial charge in [0.25, 0.3) is 5.91 Å². The third-order valence-corrected chi connectivity index (χ3v) is 6.79. The number of aliphatic carboxylic acids is 1. The Labute approximate surface area is 146 Å². The molecule has 2 fully saturated rings. The number of carbonyl (C=O) groups is 2. The van der Waals surface area contributed by atoms with Crippen LogP contribution in [0.1, 0.15) is 50.4 Å². The first-order chi connectivity index (χ1) is 11.1. The number of halogens is 1. The lowest BCUT2D eigenvalue weighted by Gasteiger charge is -2.37. The van der Waals surface area contributed by atoms with E-state index in [1.807, 2.05) is 13.8 Å². The Morgan fingerprint density at radius 2 is 1.79 bits per heavy atom. The largest absolute Gasteiger partial charge is 0.481 e. The molecule has 1 aromatic carbocycles. The number of fused-ring (bicyclic) bond motifs is 2. The summed E-state index contributed by atoms with van der Waals surface area (Å²) in [5.41, 5.74) is 2.28. The van der Waals surface area contributed by atoms with Crippen LogP contribution in [0.3, 0.4) is 0 Å². The number of carboxylic acid groups (broad SMARTS) is 1. The van der Waals surface area contributed by atoms with E-state index < -0.39 is 16.8 Å². The van der Waals surface area contributed by atoms with Crippen molar-refractivity contribution in [3.05, 3.63) is 34.9 Å². The van der Waals surface area contributed by atoms with Gasteiger partial charge in [-0.25, -0.2) is 5.43 Å². The van der Waals surface area contributed by atoms with E-state index in [4.69, 9.17) is 11.6 Å². The quantitative estimate of drug-likeness (QED) is 0.817. The van der Waals surface area contributed by atoms with Crippen LogP contribution < -0.4 is 5.43 Å². The monoisotopic (exact) mass is 348 g/mol. The summed E-state index contributed by atoms with van der Waals surface area (Å²) in [6, 6.07) is 6.54. The minimum atomic E-state index is -0.800. The van der Waals surface area contributed by atoms with Crippen LogP contribution in [0.5, 0.6) is 0 Å². The molecular formula is C18H21ClN2O3. The first kappa shape index (κ1) is 17.0. The van der Waals surface area contributed by atoms with Gasteiger partial charge in [-0.1, -0.05) is 32.4 Å². The van der Waals surface area contributed by atoms with Gasteiger partial charge in [0, 0.05) is 28.1 Å². The first-order valence-electron chi connectivity index (χ1n) is 8.00. The van der Waals surface area contributed by atoms with Crippen LogP contribution in [0.2, 0.25) is 5.02 Å². The Morgan fingerprint density at radius 3 is 2.33 bits per heavy atom. The number of nitrogens with one attached hydrogen (secondary N) is 1. The number of carboxylic acids is 1. The van der Waals surface area contributed by atoms with E-state index in [-0.39, 0.29) is 11.3 Å². The molecule has 2 bridgehead atoms. The lowest BCUT2D eigenvalue weighted by molar-refractivity contribution is -0.154. The summed E-state index contributed by atoms with van der Waals surface area (Å²) >= 11 is 5.82. The molecule has 2 aliphatic carbocycles. The van der Waals surface area contributed by atoms with Crippen molar-refractivity contribution < 1.29 is 14.7 Å². The summed E-state index contributed by atoms with van der Waals surface area (Å²) < 4.78 is 0. The van der Waals surface area contributed by atoms with Crippen molar-refractivity contribution in [2.45, 2.75) is 40.0 Å². The lowest BCUT2D eigenvalue weighted by atomic mass is 9.65. The third kappa shape index (κ3) is 2.10. The number of hydrogen-bond donors (Lipinski definition) is 2.